The van der Waals surface area contributed by atoms with Crippen LogP contribution >= 0.6 is 0 Å². The van der Waals surface area contributed by atoms with Crippen molar-refractivity contribution in [2.45, 2.75) is 43.5 Å². The first kappa shape index (κ1) is 21.0. The van der Waals surface area contributed by atoms with E-state index >= 15 is 0 Å². The fraction of sp³-hybridized carbons (Fsp3) is 0.400. The van der Waals surface area contributed by atoms with Crippen LogP contribution in [0.2, 0.25) is 0 Å². The van der Waals surface area contributed by atoms with Gasteiger partial charge in [0, 0.05) is 5.39 Å². The maximum absolute atomic E-state index is 12.6. The van der Waals surface area contributed by atoms with Crippen LogP contribution in [0.25, 0.3) is 10.8 Å². The van der Waals surface area contributed by atoms with E-state index in [0.29, 0.717) is 11.3 Å². The first-order valence-electron chi connectivity index (χ1n) is 8.94. The van der Waals surface area contributed by atoms with E-state index in [1.807, 2.05) is 18.2 Å². The number of rotatable bonds is 5. The Labute approximate surface area is 166 Å². The average molecular weight is 406 g/mol. The van der Waals surface area contributed by atoms with Crippen LogP contribution < -0.4 is 4.74 Å². The van der Waals surface area contributed by atoms with Crippen LogP contribution in [0.15, 0.2) is 36.4 Å². The number of carbonyl (C=O) groups excluding carboxylic acids is 1. The molecule has 6 atom stereocenters. The molecule has 0 bridgehead atoms. The van der Waals surface area contributed by atoms with Gasteiger partial charge in [0.05, 0.1) is 13.0 Å². The molecular formula is C20H22O9. The van der Waals surface area contributed by atoms with E-state index < -0.39 is 48.6 Å². The van der Waals surface area contributed by atoms with Gasteiger partial charge < -0.3 is 34.6 Å². The lowest BCUT2D eigenvalue weighted by Gasteiger charge is -2.38. The summed E-state index contributed by atoms with van der Waals surface area (Å²) in [5, 5.41) is 40.3. The Balaban J connectivity index is 1.78. The van der Waals surface area contributed by atoms with E-state index in [4.69, 9.17) is 19.3 Å². The van der Waals surface area contributed by atoms with Gasteiger partial charge in [0.25, 0.3) is 0 Å². The Morgan fingerprint density at radius 2 is 1.79 bits per heavy atom. The van der Waals surface area contributed by atoms with Crippen LogP contribution in [0.4, 0.5) is 0 Å². The van der Waals surface area contributed by atoms with Crippen LogP contribution in [0.1, 0.15) is 18.4 Å². The number of carboxylic acid groups (broad SMARTS) is 1. The number of hydrogen-bond donors (Lipinski definition) is 4. The highest BCUT2D eigenvalue weighted by atomic mass is 16.7. The Morgan fingerprint density at radius 3 is 2.45 bits per heavy atom. The summed E-state index contributed by atoms with van der Waals surface area (Å²) in [5.41, 5.74) is 0.622. The van der Waals surface area contributed by atoms with E-state index in [0.717, 1.165) is 10.8 Å². The molecule has 2 aromatic carbocycles. The number of carbonyl (C=O) groups is 2. The number of aliphatic hydroxyl groups excluding tert-OH is 3. The molecule has 4 N–H and O–H groups in total. The maximum atomic E-state index is 12.6. The standard InChI is InChI=1S/C20H22O9/c1-9(10-6-7-12-11(8-10)4-3-5-13(12)27-2)19(26)29-20-16(23)14(21)15(22)17(28-20)18(24)25/h3-9,14-17,20-23H,1-2H3,(H,24,25). The SMILES string of the molecule is COc1cccc2cc(C(C)C(=O)OC3OC(C(=O)O)C(O)C(O)C3O)ccc12. The fourth-order valence-corrected chi connectivity index (χ4v) is 3.22. The Hall–Kier alpha value is -2.72. The molecule has 0 aromatic heterocycles. The molecular weight excluding hydrogens is 384 g/mol. The summed E-state index contributed by atoms with van der Waals surface area (Å²) in [6.07, 6.45) is -9.06. The molecule has 1 saturated heterocycles. The summed E-state index contributed by atoms with van der Waals surface area (Å²) in [6, 6.07) is 10.8. The minimum absolute atomic E-state index is 0.622. The van der Waals surface area contributed by atoms with Crippen molar-refractivity contribution in [3.8, 4) is 5.75 Å². The van der Waals surface area contributed by atoms with Gasteiger partial charge in [0.15, 0.2) is 6.10 Å². The number of hydrogen-bond acceptors (Lipinski definition) is 8. The van der Waals surface area contributed by atoms with Crippen LogP contribution in [0, 0.1) is 0 Å². The van der Waals surface area contributed by atoms with Gasteiger partial charge in [0.2, 0.25) is 6.29 Å². The molecule has 0 spiro atoms. The van der Waals surface area contributed by atoms with E-state index in [9.17, 15) is 24.9 Å². The van der Waals surface area contributed by atoms with Gasteiger partial charge in [-0.2, -0.15) is 0 Å². The average Bonchev–Trinajstić information content (AvgIpc) is 2.72. The second-order valence-electron chi connectivity index (χ2n) is 6.83. The van der Waals surface area contributed by atoms with Crippen molar-refractivity contribution >= 4 is 22.7 Å². The lowest BCUT2D eigenvalue weighted by molar-refractivity contribution is -0.286. The monoisotopic (exact) mass is 406 g/mol. The normalized spacial score (nSPS) is 28.0. The molecule has 2 aromatic rings. The molecule has 0 saturated carbocycles. The van der Waals surface area contributed by atoms with Crippen molar-refractivity contribution in [1.29, 1.82) is 0 Å². The second kappa shape index (κ2) is 8.34. The van der Waals surface area contributed by atoms with Gasteiger partial charge in [0.1, 0.15) is 24.1 Å². The number of aliphatic hydroxyl groups is 3. The van der Waals surface area contributed by atoms with Gasteiger partial charge in [-0.1, -0.05) is 30.3 Å². The minimum atomic E-state index is -1.86. The molecule has 29 heavy (non-hydrogen) atoms. The summed E-state index contributed by atoms with van der Waals surface area (Å²) in [7, 11) is 1.56. The fourth-order valence-electron chi connectivity index (χ4n) is 3.22. The smallest absolute Gasteiger partial charge is 0.335 e. The molecule has 1 aliphatic rings. The second-order valence-corrected chi connectivity index (χ2v) is 6.83. The highest BCUT2D eigenvalue weighted by Gasteiger charge is 2.48. The number of benzene rings is 2. The number of fused-ring (bicyclic) bond motifs is 1. The summed E-state index contributed by atoms with van der Waals surface area (Å²) in [6.45, 7) is 1.58. The number of ether oxygens (including phenoxy) is 3. The lowest BCUT2D eigenvalue weighted by atomic mass is 9.97. The van der Waals surface area contributed by atoms with Gasteiger partial charge >= 0.3 is 11.9 Å². The van der Waals surface area contributed by atoms with E-state index in [1.165, 1.54) is 0 Å². The maximum Gasteiger partial charge on any atom is 0.335 e. The molecule has 0 aliphatic carbocycles. The van der Waals surface area contributed by atoms with Crippen molar-refractivity contribution in [2.24, 2.45) is 0 Å². The molecule has 0 radical (unpaired) electrons. The summed E-state index contributed by atoms with van der Waals surface area (Å²) < 4.78 is 15.4. The van der Waals surface area contributed by atoms with E-state index in [-0.39, 0.29) is 0 Å². The zero-order valence-electron chi connectivity index (χ0n) is 15.8. The molecule has 6 unspecified atom stereocenters. The van der Waals surface area contributed by atoms with Gasteiger partial charge in [-0.25, -0.2) is 4.79 Å². The molecule has 9 heteroatoms. The third-order valence-corrected chi connectivity index (χ3v) is 4.98. The summed E-state index contributed by atoms with van der Waals surface area (Å²) >= 11 is 0. The third-order valence-electron chi connectivity index (χ3n) is 4.98. The Kier molecular flexibility index (Phi) is 6.04. The van der Waals surface area contributed by atoms with Crippen LogP contribution in [-0.2, 0) is 19.1 Å². The predicted molar refractivity (Wildman–Crippen MR) is 99.3 cm³/mol. The van der Waals surface area contributed by atoms with Gasteiger partial charge in [-0.15, -0.1) is 0 Å². The van der Waals surface area contributed by atoms with E-state index in [2.05, 4.69) is 0 Å². The topological polar surface area (TPSA) is 143 Å². The molecule has 1 fully saturated rings. The molecule has 1 heterocycles. The largest absolute Gasteiger partial charge is 0.496 e. The highest BCUT2D eigenvalue weighted by molar-refractivity contribution is 5.90. The predicted octanol–water partition coefficient (Wildman–Crippen LogP) is 0.387. The Bertz CT molecular complexity index is 912. The summed E-state index contributed by atoms with van der Waals surface area (Å²) in [5.74, 6) is -2.42. The first-order valence-corrected chi connectivity index (χ1v) is 8.94. The van der Waals surface area contributed by atoms with Crippen LogP contribution in [0.5, 0.6) is 5.75 Å². The number of carboxylic acids is 1. The zero-order chi connectivity index (χ0) is 21.3. The number of methoxy groups -OCH3 is 1. The molecule has 0 amide bonds. The van der Waals surface area contributed by atoms with Crippen LogP contribution in [0.3, 0.4) is 0 Å². The molecule has 1 aliphatic heterocycles. The van der Waals surface area contributed by atoms with Crippen molar-refractivity contribution < 1.29 is 44.2 Å². The molecule has 9 nitrogen and oxygen atoms in total. The first-order chi connectivity index (χ1) is 13.7. The molecule has 3 rings (SSSR count). The third kappa shape index (κ3) is 4.03. The highest BCUT2D eigenvalue weighted by Crippen LogP contribution is 2.30. The molecule has 156 valence electrons. The minimum Gasteiger partial charge on any atom is -0.496 e. The van der Waals surface area contributed by atoms with Crippen molar-refractivity contribution in [3.63, 3.8) is 0 Å². The van der Waals surface area contributed by atoms with Crippen molar-refractivity contribution in [3.05, 3.63) is 42.0 Å². The van der Waals surface area contributed by atoms with Gasteiger partial charge in [-0.3, -0.25) is 4.79 Å². The summed E-state index contributed by atoms with van der Waals surface area (Å²) in [4.78, 5) is 23.7. The van der Waals surface area contributed by atoms with Crippen molar-refractivity contribution in [2.75, 3.05) is 7.11 Å². The van der Waals surface area contributed by atoms with E-state index in [1.54, 1.807) is 32.2 Å². The van der Waals surface area contributed by atoms with Gasteiger partial charge in [-0.05, 0) is 23.9 Å². The number of esters is 1. The van der Waals surface area contributed by atoms with Crippen molar-refractivity contribution in [1.82, 2.24) is 0 Å². The number of aliphatic carboxylic acids is 1. The Morgan fingerprint density at radius 1 is 1.07 bits per heavy atom. The lowest BCUT2D eigenvalue weighted by Crippen LogP contribution is -2.60. The van der Waals surface area contributed by atoms with Crippen LogP contribution in [-0.4, -0.2) is 70.2 Å². The zero-order valence-corrected chi connectivity index (χ0v) is 15.8. The quantitative estimate of drug-likeness (QED) is 0.518.